The van der Waals surface area contributed by atoms with Crippen LogP contribution < -0.4 is 4.74 Å². The Morgan fingerprint density at radius 2 is 1.82 bits per heavy atom. The van der Waals surface area contributed by atoms with Crippen molar-refractivity contribution < 1.29 is 22.7 Å². The average Bonchev–Trinajstić information content (AvgIpc) is 2.26. The van der Waals surface area contributed by atoms with E-state index in [4.69, 9.17) is 0 Å². The third-order valence-corrected chi connectivity index (χ3v) is 2.16. The number of nitrogens with zero attached hydrogens (tertiary/aromatic N) is 1. The average molecular weight is 247 g/mol. The van der Waals surface area contributed by atoms with Crippen molar-refractivity contribution in [2.75, 3.05) is 13.6 Å². The number of alkyl halides is 3. The van der Waals surface area contributed by atoms with Gasteiger partial charge in [-0.05, 0) is 31.2 Å². The number of benzene rings is 1. The molecular formula is C11H12F3NO2. The van der Waals surface area contributed by atoms with Gasteiger partial charge in [-0.15, -0.1) is 13.2 Å². The molecule has 0 saturated heterocycles. The van der Waals surface area contributed by atoms with E-state index in [2.05, 4.69) is 4.74 Å². The van der Waals surface area contributed by atoms with Crippen molar-refractivity contribution in [1.82, 2.24) is 4.90 Å². The number of hydrogen-bond acceptors (Lipinski definition) is 2. The van der Waals surface area contributed by atoms with Crippen LogP contribution in [0.5, 0.6) is 5.75 Å². The van der Waals surface area contributed by atoms with Crippen molar-refractivity contribution in [3.8, 4) is 5.75 Å². The molecule has 17 heavy (non-hydrogen) atoms. The third-order valence-electron chi connectivity index (χ3n) is 2.16. The van der Waals surface area contributed by atoms with E-state index in [0.29, 0.717) is 12.1 Å². The first-order valence-corrected chi connectivity index (χ1v) is 4.94. The third kappa shape index (κ3) is 3.97. The van der Waals surface area contributed by atoms with Gasteiger partial charge in [-0.3, -0.25) is 4.79 Å². The molecule has 1 aromatic carbocycles. The Balaban J connectivity index is 2.78. The van der Waals surface area contributed by atoms with Crippen LogP contribution >= 0.6 is 0 Å². The van der Waals surface area contributed by atoms with Gasteiger partial charge in [0.1, 0.15) is 5.75 Å². The van der Waals surface area contributed by atoms with Crippen LogP contribution in [0.3, 0.4) is 0 Å². The molecule has 0 bridgehead atoms. The minimum absolute atomic E-state index is 0.244. The fraction of sp³-hybridized carbons (Fsp3) is 0.364. The largest absolute Gasteiger partial charge is 0.573 e. The molecule has 1 aromatic rings. The summed E-state index contributed by atoms with van der Waals surface area (Å²) in [5, 5.41) is 0. The van der Waals surface area contributed by atoms with Gasteiger partial charge in [-0.2, -0.15) is 0 Å². The summed E-state index contributed by atoms with van der Waals surface area (Å²) in [6.07, 6.45) is -4.72. The molecule has 0 atom stereocenters. The van der Waals surface area contributed by atoms with Crippen LogP contribution in [0.15, 0.2) is 24.3 Å². The first-order valence-electron chi connectivity index (χ1n) is 4.94. The van der Waals surface area contributed by atoms with Crippen LogP contribution in [0.1, 0.15) is 17.3 Å². The second-order valence-electron chi connectivity index (χ2n) is 3.39. The molecule has 0 fully saturated rings. The minimum Gasteiger partial charge on any atom is -0.406 e. The summed E-state index contributed by atoms with van der Waals surface area (Å²) in [4.78, 5) is 13.1. The molecule has 0 aliphatic carbocycles. The van der Waals surface area contributed by atoms with Gasteiger partial charge in [0.15, 0.2) is 0 Å². The van der Waals surface area contributed by atoms with E-state index in [1.54, 1.807) is 14.0 Å². The highest BCUT2D eigenvalue weighted by Gasteiger charge is 2.31. The topological polar surface area (TPSA) is 29.5 Å². The van der Waals surface area contributed by atoms with Gasteiger partial charge in [-0.1, -0.05) is 0 Å². The van der Waals surface area contributed by atoms with Crippen molar-refractivity contribution in [2.24, 2.45) is 0 Å². The zero-order chi connectivity index (χ0) is 13.1. The van der Waals surface area contributed by atoms with Crippen molar-refractivity contribution in [3.63, 3.8) is 0 Å². The van der Waals surface area contributed by atoms with E-state index in [1.807, 2.05) is 0 Å². The Labute approximate surface area is 96.8 Å². The molecule has 0 saturated carbocycles. The highest BCUT2D eigenvalue weighted by molar-refractivity contribution is 5.94. The molecule has 6 heteroatoms. The zero-order valence-corrected chi connectivity index (χ0v) is 9.41. The van der Waals surface area contributed by atoms with E-state index in [1.165, 1.54) is 17.0 Å². The molecule has 0 radical (unpaired) electrons. The Morgan fingerprint density at radius 1 is 1.29 bits per heavy atom. The quantitative estimate of drug-likeness (QED) is 0.821. The lowest BCUT2D eigenvalue weighted by molar-refractivity contribution is -0.274. The van der Waals surface area contributed by atoms with E-state index in [9.17, 15) is 18.0 Å². The zero-order valence-electron chi connectivity index (χ0n) is 9.41. The maximum atomic E-state index is 11.9. The van der Waals surface area contributed by atoms with E-state index >= 15 is 0 Å². The second kappa shape index (κ2) is 5.07. The molecule has 0 N–H and O–H groups in total. The number of ether oxygens (including phenoxy) is 1. The molecule has 0 unspecified atom stereocenters. The van der Waals surface area contributed by atoms with Crippen molar-refractivity contribution in [1.29, 1.82) is 0 Å². The Hall–Kier alpha value is -1.72. The van der Waals surface area contributed by atoms with Crippen LogP contribution in [0, 0.1) is 0 Å². The molecule has 0 aliphatic rings. The number of carbonyl (C=O) groups is 1. The van der Waals surface area contributed by atoms with Crippen LogP contribution in [-0.4, -0.2) is 30.8 Å². The molecule has 0 aliphatic heterocycles. The molecule has 3 nitrogen and oxygen atoms in total. The number of amides is 1. The predicted octanol–water partition coefficient (Wildman–Crippen LogP) is 2.68. The Morgan fingerprint density at radius 3 is 2.24 bits per heavy atom. The first-order chi connectivity index (χ1) is 7.83. The normalized spacial score (nSPS) is 11.1. The Bertz CT molecular complexity index is 387. The lowest BCUT2D eigenvalue weighted by Gasteiger charge is -2.14. The summed E-state index contributed by atoms with van der Waals surface area (Å²) < 4.78 is 39.4. The molecule has 1 amide bonds. The highest BCUT2D eigenvalue weighted by atomic mass is 19.4. The molecule has 0 aromatic heterocycles. The monoisotopic (exact) mass is 247 g/mol. The molecule has 0 spiro atoms. The summed E-state index contributed by atoms with van der Waals surface area (Å²) in [6, 6.07) is 4.83. The van der Waals surface area contributed by atoms with Gasteiger partial charge >= 0.3 is 6.36 Å². The molecule has 94 valence electrons. The van der Waals surface area contributed by atoms with Gasteiger partial charge < -0.3 is 9.64 Å². The van der Waals surface area contributed by atoms with Gasteiger partial charge in [0.05, 0.1) is 0 Å². The maximum Gasteiger partial charge on any atom is 0.573 e. The lowest BCUT2D eigenvalue weighted by Crippen LogP contribution is -2.26. The number of carbonyl (C=O) groups excluding carboxylic acids is 1. The maximum absolute atomic E-state index is 11.9. The lowest BCUT2D eigenvalue weighted by atomic mass is 10.2. The number of hydrogen-bond donors (Lipinski definition) is 0. The minimum atomic E-state index is -4.72. The fourth-order valence-corrected chi connectivity index (χ4v) is 1.16. The fourth-order valence-electron chi connectivity index (χ4n) is 1.16. The van der Waals surface area contributed by atoms with Gasteiger partial charge in [-0.25, -0.2) is 0 Å². The highest BCUT2D eigenvalue weighted by Crippen LogP contribution is 2.22. The van der Waals surface area contributed by atoms with Gasteiger partial charge in [0, 0.05) is 19.2 Å². The summed E-state index contributed by atoms with van der Waals surface area (Å²) >= 11 is 0. The van der Waals surface area contributed by atoms with Gasteiger partial charge in [0.25, 0.3) is 5.91 Å². The van der Waals surface area contributed by atoms with Crippen molar-refractivity contribution in [2.45, 2.75) is 13.3 Å². The smallest absolute Gasteiger partial charge is 0.406 e. The summed E-state index contributed by atoms with van der Waals surface area (Å²) in [6.45, 7) is 2.33. The van der Waals surface area contributed by atoms with E-state index < -0.39 is 6.36 Å². The SMILES string of the molecule is CCN(C)C(=O)c1ccc(OC(F)(F)F)cc1. The molecular weight excluding hydrogens is 235 g/mol. The van der Waals surface area contributed by atoms with Crippen molar-refractivity contribution in [3.05, 3.63) is 29.8 Å². The van der Waals surface area contributed by atoms with Crippen LogP contribution in [-0.2, 0) is 0 Å². The summed E-state index contributed by atoms with van der Waals surface area (Å²) in [7, 11) is 1.61. The van der Waals surface area contributed by atoms with Gasteiger partial charge in [0.2, 0.25) is 0 Å². The van der Waals surface area contributed by atoms with E-state index in [0.717, 1.165) is 12.1 Å². The molecule has 1 rings (SSSR count). The van der Waals surface area contributed by atoms with Crippen LogP contribution in [0.2, 0.25) is 0 Å². The van der Waals surface area contributed by atoms with Crippen LogP contribution in [0.4, 0.5) is 13.2 Å². The van der Waals surface area contributed by atoms with Crippen molar-refractivity contribution >= 4 is 5.91 Å². The first kappa shape index (κ1) is 13.3. The predicted molar refractivity (Wildman–Crippen MR) is 55.8 cm³/mol. The standard InChI is InChI=1S/C11H12F3NO2/c1-3-15(2)10(16)8-4-6-9(7-5-8)17-11(12,13)14/h4-7H,3H2,1-2H3. The molecule has 0 heterocycles. The Kier molecular flexibility index (Phi) is 3.98. The summed E-state index contributed by atoms with van der Waals surface area (Å²) in [5.74, 6) is -0.584. The number of halogens is 3. The second-order valence-corrected chi connectivity index (χ2v) is 3.39. The van der Waals surface area contributed by atoms with E-state index in [-0.39, 0.29) is 11.7 Å². The number of rotatable bonds is 3. The van der Waals surface area contributed by atoms with Crippen LogP contribution in [0.25, 0.3) is 0 Å². The summed E-state index contributed by atoms with van der Waals surface area (Å²) in [5.41, 5.74) is 0.323.